The van der Waals surface area contributed by atoms with Crippen LogP contribution in [0.2, 0.25) is 0 Å². The third-order valence-electron chi connectivity index (χ3n) is 3.88. The standard InChI is InChI=1S/C15H23N3O3S2/c1-22-13-5-2-6-14(10-13)23(20,21)18-9-3-4-12(11-18)15(19)17-8-7-16/h2,5-6,10,12H,3-4,7-9,11,16H2,1H3,(H,17,19). The summed E-state index contributed by atoms with van der Waals surface area (Å²) in [7, 11) is -3.57. The Morgan fingerprint density at radius 1 is 1.48 bits per heavy atom. The molecule has 0 spiro atoms. The van der Waals surface area contributed by atoms with E-state index in [1.807, 2.05) is 12.3 Å². The molecular formula is C15H23N3O3S2. The number of nitrogens with one attached hydrogen (secondary N) is 1. The summed E-state index contributed by atoms with van der Waals surface area (Å²) in [6.45, 7) is 1.47. The van der Waals surface area contributed by atoms with Crippen molar-refractivity contribution in [2.24, 2.45) is 11.7 Å². The van der Waals surface area contributed by atoms with E-state index in [1.54, 1.807) is 18.2 Å². The molecule has 1 aromatic rings. The van der Waals surface area contributed by atoms with E-state index in [-0.39, 0.29) is 23.3 Å². The van der Waals surface area contributed by atoms with Crippen molar-refractivity contribution in [2.75, 3.05) is 32.4 Å². The lowest BCUT2D eigenvalue weighted by atomic mass is 9.99. The molecule has 0 bridgehead atoms. The number of piperidine rings is 1. The monoisotopic (exact) mass is 357 g/mol. The molecule has 0 saturated carbocycles. The molecule has 0 aromatic heterocycles. The maximum atomic E-state index is 12.8. The van der Waals surface area contributed by atoms with Crippen molar-refractivity contribution in [1.82, 2.24) is 9.62 Å². The maximum absolute atomic E-state index is 12.8. The summed E-state index contributed by atoms with van der Waals surface area (Å²) in [6.07, 6.45) is 3.29. The second-order valence-corrected chi connectivity index (χ2v) is 8.28. The van der Waals surface area contributed by atoms with Crippen molar-refractivity contribution in [1.29, 1.82) is 0 Å². The number of hydrogen-bond donors (Lipinski definition) is 2. The van der Waals surface area contributed by atoms with Gasteiger partial charge in [-0.15, -0.1) is 11.8 Å². The summed E-state index contributed by atoms with van der Waals surface area (Å²) in [5.41, 5.74) is 5.38. The molecular weight excluding hydrogens is 334 g/mol. The highest BCUT2D eigenvalue weighted by Gasteiger charge is 2.33. The molecule has 1 amide bonds. The molecule has 1 fully saturated rings. The summed E-state index contributed by atoms with van der Waals surface area (Å²) in [4.78, 5) is 13.3. The average Bonchev–Trinajstić information content (AvgIpc) is 2.59. The molecule has 1 heterocycles. The molecule has 3 N–H and O–H groups in total. The predicted octanol–water partition coefficient (Wildman–Crippen LogP) is 0.884. The predicted molar refractivity (Wildman–Crippen MR) is 91.8 cm³/mol. The Morgan fingerprint density at radius 3 is 2.96 bits per heavy atom. The summed E-state index contributed by atoms with van der Waals surface area (Å²) in [5, 5.41) is 2.74. The first-order valence-corrected chi connectivity index (χ1v) is 10.3. The first-order valence-electron chi connectivity index (χ1n) is 7.61. The third kappa shape index (κ3) is 4.47. The van der Waals surface area contributed by atoms with E-state index in [1.165, 1.54) is 16.1 Å². The van der Waals surface area contributed by atoms with Gasteiger partial charge < -0.3 is 11.1 Å². The van der Waals surface area contributed by atoms with E-state index in [0.29, 0.717) is 32.5 Å². The van der Waals surface area contributed by atoms with Gasteiger partial charge >= 0.3 is 0 Å². The normalized spacial score (nSPS) is 19.5. The minimum Gasteiger partial charge on any atom is -0.355 e. The highest BCUT2D eigenvalue weighted by atomic mass is 32.2. The fourth-order valence-corrected chi connectivity index (χ4v) is 4.73. The van der Waals surface area contributed by atoms with Crippen LogP contribution >= 0.6 is 11.8 Å². The first kappa shape index (κ1) is 18.3. The number of amides is 1. The maximum Gasteiger partial charge on any atom is 0.243 e. The van der Waals surface area contributed by atoms with Crippen LogP contribution in [0.4, 0.5) is 0 Å². The summed E-state index contributed by atoms with van der Waals surface area (Å²) >= 11 is 1.50. The smallest absolute Gasteiger partial charge is 0.243 e. The van der Waals surface area contributed by atoms with Crippen LogP contribution < -0.4 is 11.1 Å². The van der Waals surface area contributed by atoms with E-state index in [4.69, 9.17) is 5.73 Å². The Bertz CT molecular complexity index is 649. The van der Waals surface area contributed by atoms with Gasteiger partial charge in [0.2, 0.25) is 15.9 Å². The summed E-state index contributed by atoms with van der Waals surface area (Å²) < 4.78 is 27.0. The lowest BCUT2D eigenvalue weighted by molar-refractivity contribution is -0.126. The molecule has 8 heteroatoms. The third-order valence-corrected chi connectivity index (χ3v) is 6.46. The van der Waals surface area contributed by atoms with Gasteiger partial charge in [0.05, 0.1) is 10.8 Å². The van der Waals surface area contributed by atoms with E-state index in [2.05, 4.69) is 5.32 Å². The molecule has 1 aromatic carbocycles. The van der Waals surface area contributed by atoms with Crippen molar-refractivity contribution in [3.8, 4) is 0 Å². The van der Waals surface area contributed by atoms with Crippen molar-refractivity contribution in [3.05, 3.63) is 24.3 Å². The molecule has 6 nitrogen and oxygen atoms in total. The Kier molecular flexibility index (Phi) is 6.46. The van der Waals surface area contributed by atoms with Crippen molar-refractivity contribution in [2.45, 2.75) is 22.6 Å². The van der Waals surface area contributed by atoms with Gasteiger partial charge in [0, 0.05) is 31.1 Å². The zero-order valence-electron chi connectivity index (χ0n) is 13.2. The molecule has 128 valence electrons. The first-order chi connectivity index (χ1) is 11.0. The number of nitrogens with two attached hydrogens (primary N) is 1. The molecule has 1 saturated heterocycles. The lowest BCUT2D eigenvalue weighted by Crippen LogP contribution is -2.46. The highest BCUT2D eigenvalue weighted by molar-refractivity contribution is 7.98. The van der Waals surface area contributed by atoms with Crippen molar-refractivity contribution in [3.63, 3.8) is 0 Å². The Morgan fingerprint density at radius 2 is 2.26 bits per heavy atom. The highest BCUT2D eigenvalue weighted by Crippen LogP contribution is 2.26. The van der Waals surface area contributed by atoms with Crippen LogP contribution in [0.25, 0.3) is 0 Å². The van der Waals surface area contributed by atoms with Crippen LogP contribution in [-0.2, 0) is 14.8 Å². The van der Waals surface area contributed by atoms with E-state index < -0.39 is 10.0 Å². The summed E-state index contributed by atoms with van der Waals surface area (Å²) in [6, 6.07) is 6.91. The topological polar surface area (TPSA) is 92.5 Å². The molecule has 1 unspecified atom stereocenters. The van der Waals surface area contributed by atoms with Gasteiger partial charge in [-0.3, -0.25) is 4.79 Å². The van der Waals surface area contributed by atoms with Crippen LogP contribution in [-0.4, -0.2) is 51.1 Å². The summed E-state index contributed by atoms with van der Waals surface area (Å²) in [5.74, 6) is -0.429. The zero-order chi connectivity index (χ0) is 16.9. The van der Waals surface area contributed by atoms with Gasteiger partial charge in [-0.2, -0.15) is 4.31 Å². The van der Waals surface area contributed by atoms with Gasteiger partial charge in [-0.1, -0.05) is 6.07 Å². The Balaban J connectivity index is 2.14. The average molecular weight is 358 g/mol. The number of carbonyl (C=O) groups excluding carboxylic acids is 1. The van der Waals surface area contributed by atoms with Crippen molar-refractivity contribution >= 4 is 27.7 Å². The minimum absolute atomic E-state index is 0.117. The van der Waals surface area contributed by atoms with Crippen LogP contribution in [0.15, 0.2) is 34.1 Å². The largest absolute Gasteiger partial charge is 0.355 e. The Labute approximate surface area is 141 Å². The van der Waals surface area contributed by atoms with Crippen LogP contribution in [0.3, 0.4) is 0 Å². The van der Waals surface area contributed by atoms with Gasteiger partial charge in [-0.05, 0) is 37.3 Å². The van der Waals surface area contributed by atoms with Crippen molar-refractivity contribution < 1.29 is 13.2 Å². The number of thioether (sulfide) groups is 1. The molecule has 1 aliphatic rings. The quantitative estimate of drug-likeness (QED) is 0.738. The van der Waals surface area contributed by atoms with Gasteiger partial charge in [0.25, 0.3) is 0 Å². The lowest BCUT2D eigenvalue weighted by Gasteiger charge is -2.31. The van der Waals surface area contributed by atoms with Gasteiger partial charge in [0.1, 0.15) is 0 Å². The van der Waals surface area contributed by atoms with Crippen LogP contribution in [0, 0.1) is 5.92 Å². The molecule has 1 atom stereocenters. The molecule has 0 aliphatic carbocycles. The van der Waals surface area contributed by atoms with Crippen LogP contribution in [0.5, 0.6) is 0 Å². The number of sulfonamides is 1. The van der Waals surface area contributed by atoms with E-state index in [9.17, 15) is 13.2 Å². The SMILES string of the molecule is CSc1cccc(S(=O)(=O)N2CCCC(C(=O)NCCN)C2)c1. The molecule has 0 radical (unpaired) electrons. The number of carbonyl (C=O) groups is 1. The minimum atomic E-state index is -3.57. The van der Waals surface area contributed by atoms with Gasteiger partial charge in [-0.25, -0.2) is 8.42 Å². The number of benzene rings is 1. The fourth-order valence-electron chi connectivity index (χ4n) is 2.63. The van der Waals surface area contributed by atoms with E-state index >= 15 is 0 Å². The fraction of sp³-hybridized carbons (Fsp3) is 0.533. The molecule has 2 rings (SSSR count). The molecule has 1 aliphatic heterocycles. The zero-order valence-corrected chi connectivity index (χ0v) is 14.8. The number of rotatable bonds is 6. The number of hydrogen-bond acceptors (Lipinski definition) is 5. The second-order valence-electron chi connectivity index (χ2n) is 5.46. The Hall–Kier alpha value is -1.09. The van der Waals surface area contributed by atoms with Crippen LogP contribution in [0.1, 0.15) is 12.8 Å². The van der Waals surface area contributed by atoms with Gasteiger partial charge in [0.15, 0.2) is 0 Å². The number of nitrogens with zero attached hydrogens (tertiary/aromatic N) is 1. The van der Waals surface area contributed by atoms with E-state index in [0.717, 1.165) is 4.90 Å². The second kappa shape index (κ2) is 8.14. The molecule has 23 heavy (non-hydrogen) atoms.